The van der Waals surface area contributed by atoms with E-state index in [0.29, 0.717) is 0 Å². The molecule has 3 nitrogen and oxygen atoms in total. The molecule has 2 aliphatic rings. The Morgan fingerprint density at radius 1 is 1.38 bits per heavy atom. The van der Waals surface area contributed by atoms with Crippen molar-refractivity contribution in [1.29, 1.82) is 0 Å². The highest BCUT2D eigenvalue weighted by Crippen LogP contribution is 2.47. The lowest BCUT2D eigenvalue weighted by Gasteiger charge is -2.26. The molecule has 2 aliphatic carbocycles. The van der Waals surface area contributed by atoms with Gasteiger partial charge in [-0.3, -0.25) is 0 Å². The van der Waals surface area contributed by atoms with Crippen LogP contribution in [-0.4, -0.2) is 18.6 Å². The second-order valence-electron chi connectivity index (χ2n) is 4.25. The van der Waals surface area contributed by atoms with E-state index in [2.05, 4.69) is 20.7 Å². The summed E-state index contributed by atoms with van der Waals surface area (Å²) < 4.78 is 25.6. The van der Waals surface area contributed by atoms with Crippen molar-refractivity contribution >= 4 is 26.0 Å². The Bertz CT molecular complexity index is 293. The van der Waals surface area contributed by atoms with Gasteiger partial charge < -0.3 is 0 Å². The number of hydrogen-bond donors (Lipinski definition) is 1. The Morgan fingerprint density at radius 2 is 2.00 bits per heavy atom. The standard InChI is InChI=1S/C8H14BrNO2S/c9-6-13(11,12)10-8-3-1-7(5-8)2-4-8/h7,10H,1-6H2. The molecule has 0 aliphatic heterocycles. The molecule has 0 aromatic carbocycles. The molecular formula is C8H14BrNO2S. The Labute approximate surface area is 87.5 Å². The van der Waals surface area contributed by atoms with Gasteiger partial charge in [-0.2, -0.15) is 0 Å². The van der Waals surface area contributed by atoms with Gasteiger partial charge in [0.1, 0.15) is 4.66 Å². The van der Waals surface area contributed by atoms with E-state index in [1.807, 2.05) is 0 Å². The van der Waals surface area contributed by atoms with Crippen molar-refractivity contribution in [3.05, 3.63) is 0 Å². The molecule has 0 aromatic rings. The van der Waals surface area contributed by atoms with Crippen LogP contribution >= 0.6 is 15.9 Å². The first kappa shape index (κ1) is 9.93. The third-order valence-electron chi connectivity index (χ3n) is 3.26. The van der Waals surface area contributed by atoms with E-state index in [1.54, 1.807) is 0 Å². The molecule has 76 valence electrons. The van der Waals surface area contributed by atoms with Crippen LogP contribution in [0.15, 0.2) is 0 Å². The van der Waals surface area contributed by atoms with Crippen LogP contribution in [0.5, 0.6) is 0 Å². The first-order valence-corrected chi connectivity index (χ1v) is 7.40. The normalized spacial score (nSPS) is 38.4. The maximum Gasteiger partial charge on any atom is 0.222 e. The van der Waals surface area contributed by atoms with Crippen LogP contribution in [0.25, 0.3) is 0 Å². The van der Waals surface area contributed by atoms with Gasteiger partial charge in [-0.05, 0) is 38.0 Å². The molecule has 2 rings (SSSR count). The lowest BCUT2D eigenvalue weighted by molar-refractivity contribution is 0.380. The first-order valence-electron chi connectivity index (χ1n) is 4.63. The smallest absolute Gasteiger partial charge is 0.212 e. The summed E-state index contributed by atoms with van der Waals surface area (Å²) in [6.07, 6.45) is 5.52. The van der Waals surface area contributed by atoms with Crippen molar-refractivity contribution in [2.24, 2.45) is 5.92 Å². The van der Waals surface area contributed by atoms with Gasteiger partial charge in [-0.15, -0.1) is 0 Å². The molecule has 0 unspecified atom stereocenters. The molecule has 13 heavy (non-hydrogen) atoms. The van der Waals surface area contributed by atoms with Gasteiger partial charge in [0, 0.05) is 5.54 Å². The first-order chi connectivity index (χ1) is 6.05. The highest BCUT2D eigenvalue weighted by molar-refractivity contribution is 9.10. The van der Waals surface area contributed by atoms with Gasteiger partial charge in [-0.1, -0.05) is 15.9 Å². The average molecular weight is 268 g/mol. The van der Waals surface area contributed by atoms with Gasteiger partial charge >= 0.3 is 0 Å². The molecular weight excluding hydrogens is 254 g/mol. The maximum atomic E-state index is 11.4. The molecule has 2 fully saturated rings. The number of sulfonamides is 1. The van der Waals surface area contributed by atoms with Crippen molar-refractivity contribution < 1.29 is 8.42 Å². The third-order valence-corrected chi connectivity index (χ3v) is 6.10. The molecule has 0 heterocycles. The molecule has 0 saturated heterocycles. The number of rotatable bonds is 3. The van der Waals surface area contributed by atoms with Gasteiger partial charge in [0.2, 0.25) is 10.0 Å². The predicted octanol–water partition coefficient (Wildman–Crippen LogP) is 1.59. The summed E-state index contributed by atoms with van der Waals surface area (Å²) in [5.74, 6) is 0.776. The largest absolute Gasteiger partial charge is 0.222 e. The summed E-state index contributed by atoms with van der Waals surface area (Å²) in [5, 5.41) is 0. The highest BCUT2D eigenvalue weighted by atomic mass is 79.9. The summed E-state index contributed by atoms with van der Waals surface area (Å²) in [6.45, 7) is 0. The van der Waals surface area contributed by atoms with E-state index < -0.39 is 10.0 Å². The fourth-order valence-electron chi connectivity index (χ4n) is 2.69. The number of fused-ring (bicyclic) bond motifs is 2. The van der Waals surface area contributed by atoms with Crippen molar-refractivity contribution in [2.75, 3.05) is 4.66 Å². The SMILES string of the molecule is O=S(=O)(CBr)NC12CCC(CC1)C2. The van der Waals surface area contributed by atoms with E-state index in [0.717, 1.165) is 25.2 Å². The van der Waals surface area contributed by atoms with Crippen LogP contribution in [0.2, 0.25) is 0 Å². The molecule has 0 spiro atoms. The Hall–Kier alpha value is 0.390. The molecule has 1 N–H and O–H groups in total. The zero-order valence-electron chi connectivity index (χ0n) is 7.42. The number of nitrogens with one attached hydrogen (secondary N) is 1. The fourth-order valence-corrected chi connectivity index (χ4v) is 4.04. The fraction of sp³-hybridized carbons (Fsp3) is 1.00. The van der Waals surface area contributed by atoms with Crippen LogP contribution in [0.4, 0.5) is 0 Å². The van der Waals surface area contributed by atoms with Gasteiger partial charge in [0.05, 0.1) is 0 Å². The number of halogens is 1. The Balaban J connectivity index is 2.09. The Morgan fingerprint density at radius 3 is 2.38 bits per heavy atom. The lowest BCUT2D eigenvalue weighted by atomic mass is 9.95. The minimum absolute atomic E-state index is 0.0203. The van der Waals surface area contributed by atoms with E-state index in [-0.39, 0.29) is 10.2 Å². The number of hydrogen-bond acceptors (Lipinski definition) is 2. The minimum Gasteiger partial charge on any atom is -0.212 e. The zero-order chi connectivity index (χ0) is 9.53. The van der Waals surface area contributed by atoms with E-state index in [4.69, 9.17) is 0 Å². The van der Waals surface area contributed by atoms with Crippen molar-refractivity contribution in [2.45, 2.75) is 37.6 Å². The molecule has 5 heteroatoms. The van der Waals surface area contributed by atoms with Gasteiger partial charge in [0.15, 0.2) is 0 Å². The average Bonchev–Trinajstić information content (AvgIpc) is 2.62. The summed E-state index contributed by atoms with van der Waals surface area (Å²) in [6, 6.07) is 0. The van der Waals surface area contributed by atoms with Crippen LogP contribution < -0.4 is 4.72 Å². The van der Waals surface area contributed by atoms with Gasteiger partial charge in [-0.25, -0.2) is 13.1 Å². The highest BCUT2D eigenvalue weighted by Gasteiger charge is 2.46. The van der Waals surface area contributed by atoms with Crippen molar-refractivity contribution in [3.8, 4) is 0 Å². The topological polar surface area (TPSA) is 46.2 Å². The quantitative estimate of drug-likeness (QED) is 0.790. The van der Waals surface area contributed by atoms with Gasteiger partial charge in [0.25, 0.3) is 0 Å². The third kappa shape index (κ3) is 1.92. The maximum absolute atomic E-state index is 11.4. The van der Waals surface area contributed by atoms with Crippen LogP contribution in [0.1, 0.15) is 32.1 Å². The zero-order valence-corrected chi connectivity index (χ0v) is 9.83. The van der Waals surface area contributed by atoms with E-state index in [9.17, 15) is 8.42 Å². The van der Waals surface area contributed by atoms with Crippen LogP contribution in [0.3, 0.4) is 0 Å². The molecule has 0 atom stereocenters. The molecule has 0 aromatic heterocycles. The lowest BCUT2D eigenvalue weighted by Crippen LogP contribution is -2.45. The second-order valence-corrected chi connectivity index (χ2v) is 7.28. The number of alkyl halides is 1. The Kier molecular flexibility index (Phi) is 2.45. The predicted molar refractivity (Wildman–Crippen MR) is 55.2 cm³/mol. The van der Waals surface area contributed by atoms with Crippen LogP contribution in [-0.2, 0) is 10.0 Å². The summed E-state index contributed by atoms with van der Waals surface area (Å²) in [7, 11) is -3.08. The molecule has 2 bridgehead atoms. The van der Waals surface area contributed by atoms with Crippen molar-refractivity contribution in [3.63, 3.8) is 0 Å². The minimum atomic E-state index is -3.08. The molecule has 0 radical (unpaired) electrons. The second kappa shape index (κ2) is 3.21. The van der Waals surface area contributed by atoms with E-state index in [1.165, 1.54) is 12.8 Å². The van der Waals surface area contributed by atoms with Crippen LogP contribution in [0, 0.1) is 5.92 Å². The molecule has 0 amide bonds. The van der Waals surface area contributed by atoms with Crippen molar-refractivity contribution in [1.82, 2.24) is 4.72 Å². The summed E-state index contributed by atoms with van der Waals surface area (Å²) in [4.78, 5) is 0. The van der Waals surface area contributed by atoms with E-state index >= 15 is 0 Å². The summed E-state index contributed by atoms with van der Waals surface area (Å²) in [5.41, 5.74) is -0.0722. The monoisotopic (exact) mass is 267 g/mol. The molecule has 2 saturated carbocycles. The summed E-state index contributed by atoms with van der Waals surface area (Å²) >= 11 is 2.99.